The van der Waals surface area contributed by atoms with Gasteiger partial charge in [0.2, 0.25) is 0 Å². The Morgan fingerprint density at radius 2 is 1.60 bits per heavy atom. The predicted octanol–water partition coefficient (Wildman–Crippen LogP) is 3.07. The maximum atomic E-state index is 12.8. The summed E-state index contributed by atoms with van der Waals surface area (Å²) < 4.78 is 42.1. The molecule has 106 valence electrons. The van der Waals surface area contributed by atoms with E-state index in [4.69, 9.17) is 4.74 Å². The van der Waals surface area contributed by atoms with E-state index in [1.165, 1.54) is 12.1 Å². The van der Waals surface area contributed by atoms with E-state index in [1.807, 2.05) is 30.3 Å². The second-order valence-corrected chi connectivity index (χ2v) is 6.40. The van der Waals surface area contributed by atoms with Crippen LogP contribution in [0.2, 0.25) is 0 Å². The lowest BCUT2D eigenvalue weighted by molar-refractivity contribution is 0.317. The van der Waals surface area contributed by atoms with Crippen molar-refractivity contribution < 1.29 is 17.5 Å². The van der Waals surface area contributed by atoms with Crippen LogP contribution < -0.4 is 4.74 Å². The summed E-state index contributed by atoms with van der Waals surface area (Å²) in [5.74, 6) is 0.244. The zero-order valence-corrected chi connectivity index (χ0v) is 11.6. The highest BCUT2D eigenvalue weighted by Crippen LogP contribution is 2.13. The first kappa shape index (κ1) is 14.5. The molecule has 0 spiro atoms. The Kier molecular flexibility index (Phi) is 4.74. The second kappa shape index (κ2) is 6.52. The molecule has 0 radical (unpaired) electrons. The van der Waals surface area contributed by atoms with Gasteiger partial charge >= 0.3 is 0 Å². The lowest BCUT2D eigenvalue weighted by Crippen LogP contribution is -2.10. The number of rotatable bonds is 6. The first-order chi connectivity index (χ1) is 9.58. The topological polar surface area (TPSA) is 43.4 Å². The van der Waals surface area contributed by atoms with Crippen LogP contribution in [0.3, 0.4) is 0 Å². The molecule has 0 fully saturated rings. The summed E-state index contributed by atoms with van der Waals surface area (Å²) in [5, 5.41) is 0. The number of hydrogen-bond acceptors (Lipinski definition) is 3. The monoisotopic (exact) mass is 294 g/mol. The molecule has 20 heavy (non-hydrogen) atoms. The number of ether oxygens (including phenoxy) is 1. The van der Waals surface area contributed by atoms with E-state index in [0.717, 1.165) is 12.1 Å². The molecule has 0 aliphatic heterocycles. The molecule has 0 unspecified atom stereocenters. The maximum Gasteiger partial charge on any atom is 0.178 e. The van der Waals surface area contributed by atoms with Crippen LogP contribution in [0.15, 0.2) is 59.5 Å². The third-order valence-electron chi connectivity index (χ3n) is 2.74. The van der Waals surface area contributed by atoms with E-state index in [0.29, 0.717) is 18.8 Å². The first-order valence-corrected chi connectivity index (χ1v) is 7.89. The van der Waals surface area contributed by atoms with E-state index in [-0.39, 0.29) is 10.6 Å². The minimum atomic E-state index is -3.38. The predicted molar refractivity (Wildman–Crippen MR) is 75.0 cm³/mol. The molecule has 0 aliphatic rings. The van der Waals surface area contributed by atoms with Gasteiger partial charge in [0.1, 0.15) is 11.6 Å². The van der Waals surface area contributed by atoms with Crippen molar-refractivity contribution >= 4 is 9.84 Å². The van der Waals surface area contributed by atoms with Gasteiger partial charge in [-0.2, -0.15) is 0 Å². The molecule has 0 aliphatic carbocycles. The Morgan fingerprint density at radius 3 is 2.25 bits per heavy atom. The molecule has 2 rings (SSSR count). The second-order valence-electron chi connectivity index (χ2n) is 4.29. The summed E-state index contributed by atoms with van der Waals surface area (Å²) in [4.78, 5) is 0.138. The number of hydrogen-bond donors (Lipinski definition) is 0. The highest BCUT2D eigenvalue weighted by Gasteiger charge is 2.13. The summed E-state index contributed by atoms with van der Waals surface area (Å²) in [6.07, 6.45) is 0.384. The van der Waals surface area contributed by atoms with Crippen LogP contribution in [0.5, 0.6) is 5.75 Å². The molecule has 0 aromatic heterocycles. The van der Waals surface area contributed by atoms with Crippen molar-refractivity contribution in [2.75, 3.05) is 12.4 Å². The fourth-order valence-corrected chi connectivity index (χ4v) is 3.00. The molecule has 0 bridgehead atoms. The van der Waals surface area contributed by atoms with Crippen molar-refractivity contribution in [1.82, 2.24) is 0 Å². The molecule has 2 aromatic carbocycles. The van der Waals surface area contributed by atoms with Gasteiger partial charge in [-0.1, -0.05) is 18.2 Å². The molecular formula is C15H15FO3S. The van der Waals surface area contributed by atoms with Crippen LogP contribution in [-0.2, 0) is 9.84 Å². The van der Waals surface area contributed by atoms with Crippen LogP contribution in [0, 0.1) is 5.82 Å². The van der Waals surface area contributed by atoms with E-state index in [2.05, 4.69) is 0 Å². The van der Waals surface area contributed by atoms with Crippen molar-refractivity contribution in [3.05, 3.63) is 60.4 Å². The van der Waals surface area contributed by atoms with Gasteiger partial charge in [-0.3, -0.25) is 0 Å². The van der Waals surface area contributed by atoms with Crippen molar-refractivity contribution in [2.45, 2.75) is 11.3 Å². The molecule has 0 heterocycles. The molecular weight excluding hydrogens is 279 g/mol. The van der Waals surface area contributed by atoms with Crippen LogP contribution in [-0.4, -0.2) is 20.8 Å². The summed E-state index contributed by atoms with van der Waals surface area (Å²) >= 11 is 0. The van der Waals surface area contributed by atoms with Crippen LogP contribution in [0.1, 0.15) is 6.42 Å². The summed E-state index contributed by atoms with van der Waals surface area (Å²) in [5.41, 5.74) is 0. The Morgan fingerprint density at radius 1 is 0.950 bits per heavy atom. The van der Waals surface area contributed by atoms with Gasteiger partial charge in [0.05, 0.1) is 17.3 Å². The normalized spacial score (nSPS) is 11.2. The molecule has 2 aromatic rings. The largest absolute Gasteiger partial charge is 0.494 e. The Hall–Kier alpha value is -1.88. The SMILES string of the molecule is O=S(=O)(CCCOc1ccccc1)c1ccc(F)cc1. The molecule has 5 heteroatoms. The van der Waals surface area contributed by atoms with E-state index in [9.17, 15) is 12.8 Å². The summed E-state index contributed by atoms with van der Waals surface area (Å²) in [6, 6.07) is 14.1. The van der Waals surface area contributed by atoms with Gasteiger partial charge in [0, 0.05) is 0 Å². The van der Waals surface area contributed by atoms with Crippen LogP contribution >= 0.6 is 0 Å². The smallest absolute Gasteiger partial charge is 0.178 e. The molecule has 0 amide bonds. The molecule has 0 atom stereocenters. The van der Waals surface area contributed by atoms with Crippen LogP contribution in [0.4, 0.5) is 4.39 Å². The first-order valence-electron chi connectivity index (χ1n) is 6.24. The van der Waals surface area contributed by atoms with Crippen molar-refractivity contribution in [3.63, 3.8) is 0 Å². The fourth-order valence-electron chi connectivity index (χ4n) is 1.72. The van der Waals surface area contributed by atoms with Crippen molar-refractivity contribution in [3.8, 4) is 5.75 Å². The summed E-state index contributed by atoms with van der Waals surface area (Å²) in [6.45, 7) is 0.324. The van der Waals surface area contributed by atoms with E-state index in [1.54, 1.807) is 0 Å². The van der Waals surface area contributed by atoms with Gasteiger partial charge in [-0.15, -0.1) is 0 Å². The molecule has 0 saturated heterocycles. The fraction of sp³-hybridized carbons (Fsp3) is 0.200. The van der Waals surface area contributed by atoms with E-state index < -0.39 is 15.7 Å². The summed E-state index contributed by atoms with van der Waals surface area (Å²) in [7, 11) is -3.38. The Balaban J connectivity index is 1.85. The van der Waals surface area contributed by atoms with Crippen LogP contribution in [0.25, 0.3) is 0 Å². The lowest BCUT2D eigenvalue weighted by atomic mass is 10.3. The standard InChI is InChI=1S/C15H15FO3S/c16-13-7-9-15(10-8-13)20(17,18)12-4-11-19-14-5-2-1-3-6-14/h1-3,5-10H,4,11-12H2. The van der Waals surface area contributed by atoms with Gasteiger partial charge in [0.25, 0.3) is 0 Å². The average Bonchev–Trinajstić information content (AvgIpc) is 2.45. The van der Waals surface area contributed by atoms with Gasteiger partial charge in [-0.05, 0) is 42.8 Å². The van der Waals surface area contributed by atoms with Crippen molar-refractivity contribution in [2.24, 2.45) is 0 Å². The van der Waals surface area contributed by atoms with Gasteiger partial charge in [0.15, 0.2) is 9.84 Å². The zero-order chi connectivity index (χ0) is 14.4. The molecule has 0 N–H and O–H groups in total. The lowest BCUT2D eigenvalue weighted by Gasteiger charge is -2.07. The Bertz CT molecular complexity index is 637. The quantitative estimate of drug-likeness (QED) is 0.607. The third-order valence-corrected chi connectivity index (χ3v) is 4.56. The number of benzene rings is 2. The third kappa shape index (κ3) is 4.06. The Labute approximate surface area is 117 Å². The van der Waals surface area contributed by atoms with E-state index >= 15 is 0 Å². The minimum Gasteiger partial charge on any atom is -0.494 e. The number of halogens is 1. The highest BCUT2D eigenvalue weighted by atomic mass is 32.2. The number of sulfone groups is 1. The van der Waals surface area contributed by atoms with Crippen molar-refractivity contribution in [1.29, 1.82) is 0 Å². The highest BCUT2D eigenvalue weighted by molar-refractivity contribution is 7.91. The zero-order valence-electron chi connectivity index (χ0n) is 10.8. The van der Waals surface area contributed by atoms with Gasteiger partial charge in [-0.25, -0.2) is 12.8 Å². The van der Waals surface area contributed by atoms with Gasteiger partial charge < -0.3 is 4.74 Å². The maximum absolute atomic E-state index is 12.8. The molecule has 0 saturated carbocycles. The average molecular weight is 294 g/mol. The number of para-hydroxylation sites is 1. The molecule has 3 nitrogen and oxygen atoms in total. The minimum absolute atomic E-state index is 0.0224.